The number of amides is 2. The Bertz CT molecular complexity index is 889. The zero-order valence-corrected chi connectivity index (χ0v) is 16.6. The van der Waals surface area contributed by atoms with Crippen LogP contribution < -0.4 is 19.7 Å². The maximum absolute atomic E-state index is 12.8. The van der Waals surface area contributed by atoms with E-state index in [2.05, 4.69) is 11.4 Å². The zero-order chi connectivity index (χ0) is 20.2. The van der Waals surface area contributed by atoms with Gasteiger partial charge >= 0.3 is 0 Å². The second-order valence-corrected chi connectivity index (χ2v) is 7.39. The molecule has 152 valence electrons. The molecule has 0 aromatic heterocycles. The van der Waals surface area contributed by atoms with Crippen LogP contribution in [-0.2, 0) is 11.3 Å². The van der Waals surface area contributed by atoms with E-state index in [4.69, 9.17) is 9.47 Å². The SMILES string of the molecule is CCC(=O)Nc1ccc(C(=O)N2CC[NH+](Cc3ccc4c(c3)OCO4)CC2)cc1. The van der Waals surface area contributed by atoms with Crippen molar-refractivity contribution in [2.75, 3.05) is 38.3 Å². The van der Waals surface area contributed by atoms with Crippen LogP contribution >= 0.6 is 0 Å². The fourth-order valence-electron chi connectivity index (χ4n) is 3.67. The van der Waals surface area contributed by atoms with E-state index in [1.165, 1.54) is 10.5 Å². The second-order valence-electron chi connectivity index (χ2n) is 7.39. The second kappa shape index (κ2) is 8.53. The van der Waals surface area contributed by atoms with Gasteiger partial charge in [-0.25, -0.2) is 0 Å². The van der Waals surface area contributed by atoms with Crippen molar-refractivity contribution in [3.8, 4) is 11.5 Å². The Morgan fingerprint density at radius 3 is 2.48 bits per heavy atom. The largest absolute Gasteiger partial charge is 0.454 e. The number of nitrogens with zero attached hydrogens (tertiary/aromatic N) is 1. The maximum atomic E-state index is 12.8. The molecule has 2 aromatic rings. The lowest BCUT2D eigenvalue weighted by Gasteiger charge is -2.32. The van der Waals surface area contributed by atoms with Crippen molar-refractivity contribution >= 4 is 17.5 Å². The number of benzene rings is 2. The summed E-state index contributed by atoms with van der Waals surface area (Å²) in [5.41, 5.74) is 2.58. The number of hydrogen-bond acceptors (Lipinski definition) is 4. The highest BCUT2D eigenvalue weighted by molar-refractivity contribution is 5.95. The number of piperazine rings is 1. The van der Waals surface area contributed by atoms with Crippen LogP contribution in [0.15, 0.2) is 42.5 Å². The first-order valence-corrected chi connectivity index (χ1v) is 10.0. The number of rotatable bonds is 5. The predicted octanol–water partition coefficient (Wildman–Crippen LogP) is 1.30. The van der Waals surface area contributed by atoms with Crippen molar-refractivity contribution in [3.63, 3.8) is 0 Å². The van der Waals surface area contributed by atoms with Gasteiger partial charge in [0, 0.05) is 23.2 Å². The van der Waals surface area contributed by atoms with Gasteiger partial charge in [-0.2, -0.15) is 0 Å². The molecular weight excluding hydrogens is 370 g/mol. The summed E-state index contributed by atoms with van der Waals surface area (Å²) in [5, 5.41) is 2.80. The van der Waals surface area contributed by atoms with Crippen LogP contribution in [0.2, 0.25) is 0 Å². The van der Waals surface area contributed by atoms with E-state index in [1.807, 2.05) is 17.0 Å². The molecule has 2 aliphatic rings. The van der Waals surface area contributed by atoms with Crippen molar-refractivity contribution in [3.05, 3.63) is 53.6 Å². The van der Waals surface area contributed by atoms with E-state index in [-0.39, 0.29) is 11.8 Å². The summed E-state index contributed by atoms with van der Waals surface area (Å²) in [6.45, 7) is 6.28. The van der Waals surface area contributed by atoms with Crippen LogP contribution in [0.3, 0.4) is 0 Å². The quantitative estimate of drug-likeness (QED) is 0.799. The number of quaternary nitrogens is 1. The third kappa shape index (κ3) is 4.51. The Labute approximate surface area is 170 Å². The molecule has 2 N–H and O–H groups in total. The predicted molar refractivity (Wildman–Crippen MR) is 108 cm³/mol. The molecule has 7 nitrogen and oxygen atoms in total. The Hall–Kier alpha value is -3.06. The number of carbonyl (C=O) groups is 2. The summed E-state index contributed by atoms with van der Waals surface area (Å²) in [4.78, 5) is 27.6. The number of nitrogens with one attached hydrogen (secondary N) is 2. The van der Waals surface area contributed by atoms with Gasteiger partial charge in [0.1, 0.15) is 6.54 Å². The standard InChI is InChI=1S/C22H25N3O4/c1-2-21(26)23-18-6-4-17(5-7-18)22(27)25-11-9-24(10-12-25)14-16-3-8-19-20(13-16)29-15-28-19/h3-8,13H,2,9-12,14-15H2,1H3,(H,23,26)/p+1. The summed E-state index contributed by atoms with van der Waals surface area (Å²) in [7, 11) is 0. The van der Waals surface area contributed by atoms with Crippen LogP contribution in [0.4, 0.5) is 5.69 Å². The summed E-state index contributed by atoms with van der Waals surface area (Å²) < 4.78 is 10.8. The first kappa shape index (κ1) is 19.3. The third-order valence-corrected chi connectivity index (χ3v) is 5.39. The van der Waals surface area contributed by atoms with Gasteiger partial charge in [0.25, 0.3) is 5.91 Å². The van der Waals surface area contributed by atoms with Crippen molar-refractivity contribution in [2.24, 2.45) is 0 Å². The molecule has 2 amide bonds. The fraction of sp³-hybridized carbons (Fsp3) is 0.364. The van der Waals surface area contributed by atoms with E-state index >= 15 is 0 Å². The Morgan fingerprint density at radius 1 is 1.03 bits per heavy atom. The maximum Gasteiger partial charge on any atom is 0.254 e. The molecule has 2 aliphatic heterocycles. The highest BCUT2D eigenvalue weighted by atomic mass is 16.7. The summed E-state index contributed by atoms with van der Waals surface area (Å²) >= 11 is 0. The number of carbonyl (C=O) groups excluding carboxylic acids is 2. The number of anilines is 1. The van der Waals surface area contributed by atoms with E-state index in [0.717, 1.165) is 44.2 Å². The van der Waals surface area contributed by atoms with Crippen molar-refractivity contribution in [1.29, 1.82) is 0 Å². The number of fused-ring (bicyclic) bond motifs is 1. The first-order valence-electron chi connectivity index (χ1n) is 10.0. The van der Waals surface area contributed by atoms with Gasteiger partial charge in [-0.1, -0.05) is 6.92 Å². The van der Waals surface area contributed by atoms with E-state index in [0.29, 0.717) is 24.5 Å². The van der Waals surface area contributed by atoms with E-state index in [1.54, 1.807) is 31.2 Å². The zero-order valence-electron chi connectivity index (χ0n) is 16.6. The van der Waals surface area contributed by atoms with Crippen LogP contribution in [-0.4, -0.2) is 49.7 Å². The smallest absolute Gasteiger partial charge is 0.254 e. The molecule has 0 unspecified atom stereocenters. The first-order chi connectivity index (χ1) is 14.1. The molecule has 2 heterocycles. The highest BCUT2D eigenvalue weighted by Gasteiger charge is 2.25. The normalized spacial score (nSPS) is 16.0. The van der Waals surface area contributed by atoms with Crippen LogP contribution in [0.1, 0.15) is 29.3 Å². The molecule has 7 heteroatoms. The Balaban J connectivity index is 1.30. The lowest BCUT2D eigenvalue weighted by molar-refractivity contribution is -0.917. The summed E-state index contributed by atoms with van der Waals surface area (Å²) in [6.07, 6.45) is 0.430. The van der Waals surface area contributed by atoms with Gasteiger partial charge in [-0.15, -0.1) is 0 Å². The van der Waals surface area contributed by atoms with Gasteiger partial charge in [0.2, 0.25) is 12.7 Å². The molecule has 2 aromatic carbocycles. The molecule has 0 aliphatic carbocycles. The van der Waals surface area contributed by atoms with Gasteiger partial charge < -0.3 is 24.6 Å². The van der Waals surface area contributed by atoms with Crippen LogP contribution in [0.5, 0.6) is 11.5 Å². The lowest BCUT2D eigenvalue weighted by Crippen LogP contribution is -3.13. The van der Waals surface area contributed by atoms with Crippen molar-refractivity contribution in [2.45, 2.75) is 19.9 Å². The minimum atomic E-state index is -0.0365. The minimum Gasteiger partial charge on any atom is -0.454 e. The average Bonchev–Trinajstić information content (AvgIpc) is 3.22. The van der Waals surface area contributed by atoms with Gasteiger partial charge in [0.15, 0.2) is 11.5 Å². The topological polar surface area (TPSA) is 72.3 Å². The molecule has 0 bridgehead atoms. The third-order valence-electron chi connectivity index (χ3n) is 5.39. The molecule has 0 spiro atoms. The monoisotopic (exact) mass is 396 g/mol. The molecule has 4 rings (SSSR count). The van der Waals surface area contributed by atoms with E-state index in [9.17, 15) is 9.59 Å². The average molecular weight is 396 g/mol. The molecule has 0 atom stereocenters. The highest BCUT2D eigenvalue weighted by Crippen LogP contribution is 2.32. The van der Waals surface area contributed by atoms with Gasteiger partial charge in [-0.3, -0.25) is 9.59 Å². The van der Waals surface area contributed by atoms with Crippen molar-refractivity contribution in [1.82, 2.24) is 4.90 Å². The number of ether oxygens (including phenoxy) is 2. The fourth-order valence-corrected chi connectivity index (χ4v) is 3.67. The van der Waals surface area contributed by atoms with Crippen molar-refractivity contribution < 1.29 is 24.0 Å². The summed E-state index contributed by atoms with van der Waals surface area (Å²) in [5.74, 6) is 1.62. The molecular formula is C22H26N3O4+. The van der Waals surface area contributed by atoms with Gasteiger partial charge in [-0.05, 0) is 42.5 Å². The van der Waals surface area contributed by atoms with E-state index < -0.39 is 0 Å². The van der Waals surface area contributed by atoms with Gasteiger partial charge in [0.05, 0.1) is 26.2 Å². The van der Waals surface area contributed by atoms with Crippen LogP contribution in [0, 0.1) is 0 Å². The Kier molecular flexibility index (Phi) is 5.67. The summed E-state index contributed by atoms with van der Waals surface area (Å²) in [6, 6.07) is 13.2. The minimum absolute atomic E-state index is 0.0365. The molecule has 1 fully saturated rings. The number of hydrogen-bond donors (Lipinski definition) is 2. The Morgan fingerprint density at radius 2 is 1.76 bits per heavy atom. The van der Waals surface area contributed by atoms with Crippen LogP contribution in [0.25, 0.3) is 0 Å². The molecule has 0 saturated carbocycles. The molecule has 29 heavy (non-hydrogen) atoms. The molecule has 0 radical (unpaired) electrons. The lowest BCUT2D eigenvalue weighted by atomic mass is 10.1. The molecule has 1 saturated heterocycles.